The summed E-state index contributed by atoms with van der Waals surface area (Å²) in [7, 11) is 0. The first kappa shape index (κ1) is 9.37. The predicted octanol–water partition coefficient (Wildman–Crippen LogP) is 0.970. The fourth-order valence-electron chi connectivity index (χ4n) is 2.07. The zero-order valence-electron chi connectivity index (χ0n) is 7.72. The molecule has 0 unspecified atom stereocenters. The summed E-state index contributed by atoms with van der Waals surface area (Å²) < 4.78 is 24.7. The summed E-state index contributed by atoms with van der Waals surface area (Å²) in [6.45, 7) is 1.40. The smallest absolute Gasteiger partial charge is 0.168 e. The van der Waals surface area contributed by atoms with Gasteiger partial charge in [-0.05, 0) is 12.8 Å². The fraction of sp³-hybridized carbons (Fsp3) is 1.00. The Kier molecular flexibility index (Phi) is 2.30. The van der Waals surface area contributed by atoms with Crippen molar-refractivity contribution in [3.8, 4) is 0 Å². The maximum atomic E-state index is 13.7. The molecule has 3 nitrogen and oxygen atoms in total. The molecule has 1 saturated carbocycles. The molecule has 76 valence electrons. The molecule has 4 heteroatoms. The number of rotatable bonds is 1. The van der Waals surface area contributed by atoms with Crippen molar-refractivity contribution in [2.45, 2.75) is 37.1 Å². The zero-order chi connectivity index (χ0) is 9.36. The summed E-state index contributed by atoms with van der Waals surface area (Å²) in [6, 6.07) is 0. The van der Waals surface area contributed by atoms with Gasteiger partial charge in [0.1, 0.15) is 5.67 Å². The third-order valence-electron chi connectivity index (χ3n) is 3.09. The Morgan fingerprint density at radius 1 is 1.08 bits per heavy atom. The van der Waals surface area contributed by atoms with E-state index >= 15 is 0 Å². The van der Waals surface area contributed by atoms with Crippen LogP contribution in [0.2, 0.25) is 0 Å². The SMILES string of the molecule is NCC1(F)CCC2(CC1)OCCO2. The van der Waals surface area contributed by atoms with Gasteiger partial charge < -0.3 is 15.2 Å². The number of ether oxygens (including phenoxy) is 2. The van der Waals surface area contributed by atoms with Crippen LogP contribution in [0.5, 0.6) is 0 Å². The molecule has 0 amide bonds. The number of halogens is 1. The monoisotopic (exact) mass is 189 g/mol. The van der Waals surface area contributed by atoms with Gasteiger partial charge in [-0.3, -0.25) is 0 Å². The number of alkyl halides is 1. The molecule has 0 aromatic carbocycles. The molecule has 1 aliphatic heterocycles. The quantitative estimate of drug-likeness (QED) is 0.668. The van der Waals surface area contributed by atoms with Crippen molar-refractivity contribution in [1.82, 2.24) is 0 Å². The normalized spacial score (nSPS) is 30.9. The predicted molar refractivity (Wildman–Crippen MR) is 46.0 cm³/mol. The van der Waals surface area contributed by atoms with Crippen LogP contribution in [0.15, 0.2) is 0 Å². The Bertz CT molecular complexity index is 182. The van der Waals surface area contributed by atoms with Crippen molar-refractivity contribution in [2.75, 3.05) is 19.8 Å². The number of nitrogens with two attached hydrogens (primary N) is 1. The second-order valence-corrected chi connectivity index (χ2v) is 3.96. The summed E-state index contributed by atoms with van der Waals surface area (Å²) in [5.74, 6) is -0.467. The van der Waals surface area contributed by atoms with E-state index in [2.05, 4.69) is 0 Å². The fourth-order valence-corrected chi connectivity index (χ4v) is 2.07. The van der Waals surface area contributed by atoms with Crippen LogP contribution in [-0.2, 0) is 9.47 Å². The molecule has 1 aliphatic carbocycles. The van der Waals surface area contributed by atoms with Crippen LogP contribution < -0.4 is 5.73 Å². The highest BCUT2D eigenvalue weighted by molar-refractivity contribution is 4.92. The molecular formula is C9H16FNO2. The summed E-state index contributed by atoms with van der Waals surface area (Å²) in [5, 5.41) is 0. The molecular weight excluding hydrogens is 173 g/mol. The molecule has 13 heavy (non-hydrogen) atoms. The molecule has 0 bridgehead atoms. The summed E-state index contributed by atoms with van der Waals surface area (Å²) >= 11 is 0. The van der Waals surface area contributed by atoms with Crippen LogP contribution in [0, 0.1) is 0 Å². The Labute approximate surface area is 77.4 Å². The lowest BCUT2D eigenvalue weighted by molar-refractivity contribution is -0.192. The second-order valence-electron chi connectivity index (χ2n) is 3.96. The zero-order valence-corrected chi connectivity index (χ0v) is 7.72. The lowest BCUT2D eigenvalue weighted by atomic mass is 9.83. The molecule has 2 aliphatic rings. The Balaban J connectivity index is 1.95. The summed E-state index contributed by atoms with van der Waals surface area (Å²) in [4.78, 5) is 0. The molecule has 0 radical (unpaired) electrons. The molecule has 2 rings (SSSR count). The Morgan fingerprint density at radius 2 is 1.62 bits per heavy atom. The number of hydrogen-bond donors (Lipinski definition) is 1. The topological polar surface area (TPSA) is 44.5 Å². The minimum atomic E-state index is -1.18. The van der Waals surface area contributed by atoms with Gasteiger partial charge >= 0.3 is 0 Å². The van der Waals surface area contributed by atoms with Crippen molar-refractivity contribution in [1.29, 1.82) is 0 Å². The highest BCUT2D eigenvalue weighted by atomic mass is 19.1. The van der Waals surface area contributed by atoms with E-state index in [4.69, 9.17) is 15.2 Å². The van der Waals surface area contributed by atoms with Crippen LogP contribution in [0.3, 0.4) is 0 Å². The standard InChI is InChI=1S/C9H16FNO2/c10-8(7-11)1-3-9(4-2-8)12-5-6-13-9/h1-7,11H2. The van der Waals surface area contributed by atoms with Gasteiger partial charge in [-0.1, -0.05) is 0 Å². The first-order chi connectivity index (χ1) is 6.18. The van der Waals surface area contributed by atoms with Gasteiger partial charge in [0.05, 0.1) is 13.2 Å². The molecule has 2 fully saturated rings. The Hall–Kier alpha value is -0.190. The van der Waals surface area contributed by atoms with Crippen LogP contribution >= 0.6 is 0 Å². The Morgan fingerprint density at radius 3 is 2.08 bits per heavy atom. The first-order valence-corrected chi connectivity index (χ1v) is 4.85. The van der Waals surface area contributed by atoms with Crippen LogP contribution in [-0.4, -0.2) is 31.2 Å². The van der Waals surface area contributed by atoms with Crippen LogP contribution in [0.1, 0.15) is 25.7 Å². The highest BCUT2D eigenvalue weighted by Gasteiger charge is 2.45. The van der Waals surface area contributed by atoms with Crippen molar-refractivity contribution in [2.24, 2.45) is 5.73 Å². The maximum absolute atomic E-state index is 13.7. The van der Waals surface area contributed by atoms with E-state index in [1.807, 2.05) is 0 Å². The average molecular weight is 189 g/mol. The van der Waals surface area contributed by atoms with E-state index in [-0.39, 0.29) is 6.54 Å². The highest BCUT2D eigenvalue weighted by Crippen LogP contribution is 2.41. The second kappa shape index (κ2) is 3.19. The van der Waals surface area contributed by atoms with Gasteiger partial charge in [0.25, 0.3) is 0 Å². The molecule has 1 saturated heterocycles. The minimum Gasteiger partial charge on any atom is -0.348 e. The van der Waals surface area contributed by atoms with E-state index in [1.54, 1.807) is 0 Å². The van der Waals surface area contributed by atoms with Crippen molar-refractivity contribution in [3.05, 3.63) is 0 Å². The van der Waals surface area contributed by atoms with E-state index in [1.165, 1.54) is 0 Å². The summed E-state index contributed by atoms with van der Waals surface area (Å²) in [6.07, 6.45) is 2.20. The van der Waals surface area contributed by atoms with Crippen LogP contribution in [0.4, 0.5) is 4.39 Å². The molecule has 0 atom stereocenters. The van der Waals surface area contributed by atoms with Gasteiger partial charge in [-0.15, -0.1) is 0 Å². The molecule has 0 aromatic heterocycles. The lowest BCUT2D eigenvalue weighted by Crippen LogP contribution is -2.44. The third-order valence-corrected chi connectivity index (χ3v) is 3.09. The van der Waals surface area contributed by atoms with Gasteiger partial charge in [0, 0.05) is 19.4 Å². The number of hydrogen-bond acceptors (Lipinski definition) is 3. The average Bonchev–Trinajstić information content (AvgIpc) is 2.61. The van der Waals surface area contributed by atoms with E-state index in [9.17, 15) is 4.39 Å². The summed E-state index contributed by atoms with van der Waals surface area (Å²) in [5.41, 5.74) is 4.19. The molecule has 1 spiro atoms. The minimum absolute atomic E-state index is 0.114. The molecule has 1 heterocycles. The van der Waals surface area contributed by atoms with E-state index in [0.29, 0.717) is 38.9 Å². The first-order valence-electron chi connectivity index (χ1n) is 4.85. The van der Waals surface area contributed by atoms with E-state index in [0.717, 1.165) is 0 Å². The molecule has 2 N–H and O–H groups in total. The third kappa shape index (κ3) is 1.71. The van der Waals surface area contributed by atoms with Crippen molar-refractivity contribution >= 4 is 0 Å². The van der Waals surface area contributed by atoms with Gasteiger partial charge in [0.2, 0.25) is 0 Å². The van der Waals surface area contributed by atoms with Gasteiger partial charge in [-0.2, -0.15) is 0 Å². The lowest BCUT2D eigenvalue weighted by Gasteiger charge is -2.38. The maximum Gasteiger partial charge on any atom is 0.168 e. The van der Waals surface area contributed by atoms with Crippen molar-refractivity contribution < 1.29 is 13.9 Å². The van der Waals surface area contributed by atoms with Gasteiger partial charge in [0.15, 0.2) is 5.79 Å². The van der Waals surface area contributed by atoms with Gasteiger partial charge in [-0.25, -0.2) is 4.39 Å². The van der Waals surface area contributed by atoms with Crippen LogP contribution in [0.25, 0.3) is 0 Å². The molecule has 0 aromatic rings. The van der Waals surface area contributed by atoms with E-state index < -0.39 is 11.5 Å². The van der Waals surface area contributed by atoms with Crippen molar-refractivity contribution in [3.63, 3.8) is 0 Å². The largest absolute Gasteiger partial charge is 0.348 e.